The topological polar surface area (TPSA) is 70.0 Å². The minimum atomic E-state index is -3.55. The van der Waals surface area contributed by atoms with Crippen LogP contribution in [0.1, 0.15) is 29.5 Å². The van der Waals surface area contributed by atoms with Gasteiger partial charge in [0.15, 0.2) is 0 Å². The number of nitriles is 1. The van der Waals surface area contributed by atoms with Crippen LogP contribution in [0, 0.1) is 23.2 Å². The number of halogens is 1. The second-order valence-electron chi connectivity index (χ2n) is 6.81. The first-order chi connectivity index (χ1) is 12.0. The Bertz CT molecular complexity index is 962. The first kappa shape index (κ1) is 17.0. The van der Waals surface area contributed by atoms with E-state index in [1.165, 1.54) is 11.1 Å². The number of nitrogens with one attached hydrogen (secondary N) is 1. The van der Waals surface area contributed by atoms with E-state index in [4.69, 9.17) is 16.9 Å². The molecule has 4 nitrogen and oxygen atoms in total. The van der Waals surface area contributed by atoms with E-state index in [1.807, 2.05) is 18.2 Å². The van der Waals surface area contributed by atoms with Crippen molar-refractivity contribution >= 4 is 33.0 Å². The lowest BCUT2D eigenvalue weighted by atomic mass is 9.92. The van der Waals surface area contributed by atoms with Crippen LogP contribution in [0.15, 0.2) is 34.5 Å². The standard InChI is InChI=1S/C18H17ClN2O2S2/c19-16-5-6-17(24-16)25(22,23)21-18-13-3-4-14(18)9-15-7-11(10-20)1-2-12(15)8-13/h1-2,5-7,13-14,18,21H,3-4,8-9H2. The molecule has 1 aromatic heterocycles. The summed E-state index contributed by atoms with van der Waals surface area (Å²) in [5.41, 5.74) is 3.10. The van der Waals surface area contributed by atoms with Crippen molar-refractivity contribution in [2.24, 2.45) is 11.8 Å². The Hall–Kier alpha value is -1.39. The minimum Gasteiger partial charge on any atom is -0.207 e. The summed E-state index contributed by atoms with van der Waals surface area (Å²) in [5.74, 6) is 0.565. The Labute approximate surface area is 156 Å². The van der Waals surface area contributed by atoms with Gasteiger partial charge in [-0.05, 0) is 72.9 Å². The predicted octanol–water partition coefficient (Wildman–Crippen LogP) is 3.75. The Morgan fingerprint density at radius 2 is 1.84 bits per heavy atom. The van der Waals surface area contributed by atoms with Crippen LogP contribution >= 0.6 is 22.9 Å². The zero-order chi connectivity index (χ0) is 17.6. The summed E-state index contributed by atoms with van der Waals surface area (Å²) in [5, 5.41) is 9.12. The van der Waals surface area contributed by atoms with Crippen molar-refractivity contribution in [3.63, 3.8) is 0 Å². The maximum atomic E-state index is 12.7. The molecule has 0 amide bonds. The molecular weight excluding hydrogens is 376 g/mol. The second-order valence-corrected chi connectivity index (χ2v) is 10.5. The van der Waals surface area contributed by atoms with Gasteiger partial charge in [0.2, 0.25) is 10.0 Å². The molecule has 2 aliphatic carbocycles. The smallest absolute Gasteiger partial charge is 0.207 e. The number of nitrogens with zero attached hydrogens (tertiary/aromatic N) is 1. The van der Waals surface area contributed by atoms with E-state index in [0.717, 1.165) is 37.0 Å². The number of fused-ring (bicyclic) bond motifs is 3. The molecule has 130 valence electrons. The summed E-state index contributed by atoms with van der Waals surface area (Å²) in [6, 6.07) is 11.1. The number of sulfonamides is 1. The fraction of sp³-hybridized carbons (Fsp3) is 0.389. The first-order valence-corrected chi connectivity index (χ1v) is 10.9. The van der Waals surface area contributed by atoms with Gasteiger partial charge in [0.1, 0.15) is 4.21 Å². The molecule has 2 aliphatic rings. The molecule has 7 heteroatoms. The van der Waals surface area contributed by atoms with Gasteiger partial charge in [-0.25, -0.2) is 13.1 Å². The minimum absolute atomic E-state index is 0.0659. The van der Waals surface area contributed by atoms with Gasteiger partial charge in [-0.3, -0.25) is 0 Å². The molecule has 1 N–H and O–H groups in total. The molecule has 0 aliphatic heterocycles. The molecule has 4 rings (SSSR count). The van der Waals surface area contributed by atoms with Crippen LogP contribution in [0.5, 0.6) is 0 Å². The van der Waals surface area contributed by atoms with Crippen LogP contribution in [-0.2, 0) is 22.9 Å². The summed E-state index contributed by atoms with van der Waals surface area (Å²) >= 11 is 6.98. The third-order valence-corrected chi connectivity index (χ3v) is 8.51. The molecule has 25 heavy (non-hydrogen) atoms. The van der Waals surface area contributed by atoms with Gasteiger partial charge in [0.25, 0.3) is 0 Å². The summed E-state index contributed by atoms with van der Waals surface area (Å²) in [6.07, 6.45) is 3.72. The van der Waals surface area contributed by atoms with Crippen LogP contribution < -0.4 is 4.72 Å². The van der Waals surface area contributed by atoms with E-state index in [9.17, 15) is 8.42 Å². The van der Waals surface area contributed by atoms with Crippen molar-refractivity contribution < 1.29 is 8.42 Å². The van der Waals surface area contributed by atoms with Crippen LogP contribution in [0.4, 0.5) is 0 Å². The van der Waals surface area contributed by atoms with Crippen LogP contribution in [0.25, 0.3) is 0 Å². The fourth-order valence-corrected chi connectivity index (χ4v) is 7.02. The lowest BCUT2D eigenvalue weighted by molar-refractivity contribution is 0.386. The van der Waals surface area contributed by atoms with Gasteiger partial charge in [-0.1, -0.05) is 17.7 Å². The van der Waals surface area contributed by atoms with E-state index >= 15 is 0 Å². The van der Waals surface area contributed by atoms with Gasteiger partial charge in [0, 0.05) is 6.04 Å². The number of hydrogen-bond acceptors (Lipinski definition) is 4. The van der Waals surface area contributed by atoms with Crippen molar-refractivity contribution in [3.05, 3.63) is 51.4 Å². The van der Waals surface area contributed by atoms with Crippen molar-refractivity contribution in [1.82, 2.24) is 4.72 Å². The maximum Gasteiger partial charge on any atom is 0.250 e. The van der Waals surface area contributed by atoms with Crippen molar-refractivity contribution in [2.75, 3.05) is 0 Å². The SMILES string of the molecule is N#Cc1ccc2c(c1)CC1CCC(C2)C1NS(=O)(=O)c1ccc(Cl)s1. The molecule has 3 unspecified atom stereocenters. The number of benzene rings is 1. The molecule has 2 aromatic rings. The number of thiophene rings is 1. The molecule has 0 saturated heterocycles. The highest BCUT2D eigenvalue weighted by molar-refractivity contribution is 7.91. The molecule has 3 atom stereocenters. The highest BCUT2D eigenvalue weighted by Crippen LogP contribution is 2.41. The molecule has 1 heterocycles. The van der Waals surface area contributed by atoms with Gasteiger partial charge in [-0.2, -0.15) is 5.26 Å². The highest BCUT2D eigenvalue weighted by Gasteiger charge is 2.41. The monoisotopic (exact) mass is 392 g/mol. The summed E-state index contributed by atoms with van der Waals surface area (Å²) < 4.78 is 29.1. The quantitative estimate of drug-likeness (QED) is 0.864. The molecule has 0 spiro atoms. The number of hydrogen-bond donors (Lipinski definition) is 1. The lowest BCUT2D eigenvalue weighted by Gasteiger charge is -2.23. The van der Waals surface area contributed by atoms with Gasteiger partial charge in [-0.15, -0.1) is 11.3 Å². The summed E-state index contributed by atoms with van der Waals surface area (Å²) in [4.78, 5) is 0. The Morgan fingerprint density at radius 3 is 2.48 bits per heavy atom. The summed E-state index contributed by atoms with van der Waals surface area (Å²) in [7, 11) is -3.55. The largest absolute Gasteiger partial charge is 0.250 e. The average molecular weight is 393 g/mol. The van der Waals surface area contributed by atoms with Crippen LogP contribution in [0.2, 0.25) is 4.34 Å². The predicted molar refractivity (Wildman–Crippen MR) is 98.2 cm³/mol. The molecule has 1 saturated carbocycles. The van der Waals surface area contributed by atoms with E-state index in [2.05, 4.69) is 10.8 Å². The normalized spacial score (nSPS) is 25.2. The van der Waals surface area contributed by atoms with Gasteiger partial charge >= 0.3 is 0 Å². The lowest BCUT2D eigenvalue weighted by Crippen LogP contribution is -2.41. The number of rotatable bonds is 3. The fourth-order valence-electron chi connectivity index (χ4n) is 4.15. The summed E-state index contributed by atoms with van der Waals surface area (Å²) in [6.45, 7) is 0. The Balaban J connectivity index is 1.62. The zero-order valence-electron chi connectivity index (χ0n) is 13.4. The molecular formula is C18H17ClN2O2S2. The van der Waals surface area contributed by atoms with Crippen LogP contribution in [0.3, 0.4) is 0 Å². The molecule has 2 bridgehead atoms. The van der Waals surface area contributed by atoms with E-state index < -0.39 is 10.0 Å². The Kier molecular flexibility index (Phi) is 4.37. The van der Waals surface area contributed by atoms with Crippen LogP contribution in [-0.4, -0.2) is 14.5 Å². The average Bonchev–Trinajstić information content (AvgIpc) is 3.12. The van der Waals surface area contributed by atoms with Crippen molar-refractivity contribution in [3.8, 4) is 6.07 Å². The van der Waals surface area contributed by atoms with Crippen molar-refractivity contribution in [1.29, 1.82) is 5.26 Å². The van der Waals surface area contributed by atoms with E-state index in [0.29, 0.717) is 15.8 Å². The maximum absolute atomic E-state index is 12.7. The third-order valence-electron chi connectivity index (χ3n) is 5.33. The first-order valence-electron chi connectivity index (χ1n) is 8.26. The van der Waals surface area contributed by atoms with Gasteiger partial charge < -0.3 is 0 Å². The van der Waals surface area contributed by atoms with Gasteiger partial charge in [0.05, 0.1) is 16.0 Å². The zero-order valence-corrected chi connectivity index (χ0v) is 15.8. The molecule has 1 aromatic carbocycles. The molecule has 0 radical (unpaired) electrons. The highest BCUT2D eigenvalue weighted by atomic mass is 35.5. The van der Waals surface area contributed by atoms with E-state index in [1.54, 1.807) is 12.1 Å². The second kappa shape index (κ2) is 6.40. The van der Waals surface area contributed by atoms with E-state index in [-0.39, 0.29) is 16.2 Å². The Morgan fingerprint density at radius 1 is 1.12 bits per heavy atom. The third kappa shape index (κ3) is 3.22. The molecule has 1 fully saturated rings. The van der Waals surface area contributed by atoms with Crippen molar-refractivity contribution in [2.45, 2.75) is 35.9 Å².